The molecule has 192 valence electrons. The Kier molecular flexibility index (Phi) is 13.7. The van der Waals surface area contributed by atoms with Crippen molar-refractivity contribution in [2.24, 2.45) is 5.92 Å². The molecule has 2 atom stereocenters. The van der Waals surface area contributed by atoms with Crippen LogP contribution in [0.2, 0.25) is 0 Å². The number of carbonyl (C=O) groups excluding carboxylic acids is 3. The molecule has 2 aromatic carbocycles. The lowest BCUT2D eigenvalue weighted by atomic mass is 9.97. The van der Waals surface area contributed by atoms with E-state index < -0.39 is 30.6 Å². The van der Waals surface area contributed by atoms with Crippen molar-refractivity contribution >= 4 is 18.4 Å². The molecule has 3 amide bonds. The zero-order valence-corrected chi connectivity index (χ0v) is 20.4. The van der Waals surface area contributed by atoms with Gasteiger partial charge in [-0.05, 0) is 24.3 Å². The summed E-state index contributed by atoms with van der Waals surface area (Å²) in [7, 11) is 0. The Hall–Kier alpha value is -3.49. The van der Waals surface area contributed by atoms with Crippen LogP contribution < -0.4 is 16.0 Å². The summed E-state index contributed by atoms with van der Waals surface area (Å²) in [6, 6.07) is 14.8. The van der Waals surface area contributed by atoms with Gasteiger partial charge in [-0.25, -0.2) is 4.79 Å². The maximum Gasteiger partial charge on any atom is 0.408 e. The molecule has 0 fully saturated rings. The molecule has 0 aliphatic heterocycles. The van der Waals surface area contributed by atoms with Gasteiger partial charge in [-0.1, -0.05) is 81.4 Å². The molecule has 0 heterocycles. The number of ether oxygens (including phenoxy) is 1. The van der Waals surface area contributed by atoms with Gasteiger partial charge >= 0.3 is 12.0 Å². The SMILES string of the molecule is CC.CC(CCNC=O)CCNC(=O)CNC(=O)OC(c1ccccc1)C(F)(F)c1ccccc1. The molecule has 3 N–H and O–H groups in total. The standard InChI is InChI=1S/C24H29F2N3O4.C2H6/c1-18(12-14-27-17-30)13-15-28-21(31)16-29-23(32)33-22(19-8-4-2-5-9-19)24(25,26)20-10-6-3-7-11-20;1-2/h2-11,17-18,22H,12-16H2,1H3,(H,27,30)(H,28,31)(H,29,32);1-2H3. The second-order valence-corrected chi connectivity index (χ2v) is 7.64. The van der Waals surface area contributed by atoms with Crippen molar-refractivity contribution in [2.75, 3.05) is 19.6 Å². The number of alkyl halides is 2. The van der Waals surface area contributed by atoms with Crippen LogP contribution in [0.1, 0.15) is 50.8 Å². The highest BCUT2D eigenvalue weighted by Gasteiger charge is 2.45. The van der Waals surface area contributed by atoms with Crippen LogP contribution >= 0.6 is 0 Å². The van der Waals surface area contributed by atoms with Crippen molar-refractivity contribution in [1.29, 1.82) is 0 Å². The number of alkyl carbamates (subject to hydrolysis) is 1. The summed E-state index contributed by atoms with van der Waals surface area (Å²) in [6.45, 7) is 6.53. The van der Waals surface area contributed by atoms with Crippen molar-refractivity contribution in [3.63, 3.8) is 0 Å². The third-order valence-electron chi connectivity index (χ3n) is 5.03. The minimum absolute atomic E-state index is 0.129. The zero-order chi connectivity index (χ0) is 26.1. The Morgan fingerprint density at radius 2 is 1.51 bits per heavy atom. The summed E-state index contributed by atoms with van der Waals surface area (Å²) in [5.41, 5.74) is -0.161. The maximum absolute atomic E-state index is 15.2. The number of nitrogens with one attached hydrogen (secondary N) is 3. The van der Waals surface area contributed by atoms with Crippen LogP contribution in [0.5, 0.6) is 0 Å². The van der Waals surface area contributed by atoms with Gasteiger partial charge in [0.15, 0.2) is 6.10 Å². The Bertz CT molecular complexity index is 883. The van der Waals surface area contributed by atoms with E-state index in [1.165, 1.54) is 36.4 Å². The Balaban J connectivity index is 0.00000298. The van der Waals surface area contributed by atoms with Crippen LogP contribution in [-0.4, -0.2) is 38.0 Å². The highest BCUT2D eigenvalue weighted by molar-refractivity contribution is 5.82. The molecule has 0 spiro atoms. The lowest BCUT2D eigenvalue weighted by Gasteiger charge is -2.27. The van der Waals surface area contributed by atoms with Crippen LogP contribution in [0.3, 0.4) is 0 Å². The molecule has 35 heavy (non-hydrogen) atoms. The second kappa shape index (κ2) is 16.2. The van der Waals surface area contributed by atoms with Gasteiger partial charge in [-0.15, -0.1) is 0 Å². The maximum atomic E-state index is 15.2. The average Bonchev–Trinajstić information content (AvgIpc) is 2.88. The number of hydrogen-bond donors (Lipinski definition) is 3. The zero-order valence-electron chi connectivity index (χ0n) is 20.4. The molecule has 0 saturated carbocycles. The first-order valence-corrected chi connectivity index (χ1v) is 11.7. The van der Waals surface area contributed by atoms with Gasteiger partial charge in [-0.3, -0.25) is 9.59 Å². The fraction of sp³-hybridized carbons (Fsp3) is 0.423. The fourth-order valence-corrected chi connectivity index (χ4v) is 3.15. The Morgan fingerprint density at radius 3 is 2.11 bits per heavy atom. The topological polar surface area (TPSA) is 96.5 Å². The first-order valence-electron chi connectivity index (χ1n) is 11.7. The molecule has 0 aliphatic rings. The molecule has 2 aromatic rings. The molecule has 0 radical (unpaired) electrons. The Labute approximate surface area is 205 Å². The molecule has 0 saturated heterocycles. The largest absolute Gasteiger partial charge is 0.434 e. The number of halogens is 2. The number of hydrogen-bond acceptors (Lipinski definition) is 4. The third-order valence-corrected chi connectivity index (χ3v) is 5.03. The van der Waals surface area contributed by atoms with Gasteiger partial charge in [-0.2, -0.15) is 8.78 Å². The first-order chi connectivity index (χ1) is 16.8. The van der Waals surface area contributed by atoms with Crippen LogP contribution in [0.4, 0.5) is 13.6 Å². The molecule has 2 unspecified atom stereocenters. The summed E-state index contributed by atoms with van der Waals surface area (Å²) in [5.74, 6) is -3.67. The summed E-state index contributed by atoms with van der Waals surface area (Å²) in [4.78, 5) is 34.5. The molecule has 9 heteroatoms. The lowest BCUT2D eigenvalue weighted by molar-refractivity contribution is -0.123. The number of benzene rings is 2. The highest BCUT2D eigenvalue weighted by atomic mass is 19.3. The van der Waals surface area contributed by atoms with Crippen molar-refractivity contribution in [3.8, 4) is 0 Å². The van der Waals surface area contributed by atoms with Gasteiger partial charge in [0.05, 0.1) is 6.54 Å². The fourth-order valence-electron chi connectivity index (χ4n) is 3.15. The molecule has 0 aliphatic carbocycles. The van der Waals surface area contributed by atoms with Gasteiger partial charge in [0.1, 0.15) is 0 Å². The number of amides is 3. The monoisotopic (exact) mass is 491 g/mol. The van der Waals surface area contributed by atoms with E-state index in [9.17, 15) is 14.4 Å². The van der Waals surface area contributed by atoms with Crippen molar-refractivity contribution in [2.45, 2.75) is 45.6 Å². The second-order valence-electron chi connectivity index (χ2n) is 7.64. The van der Waals surface area contributed by atoms with Crippen LogP contribution in [0.15, 0.2) is 60.7 Å². The van der Waals surface area contributed by atoms with E-state index in [-0.39, 0.29) is 17.0 Å². The predicted octanol–water partition coefficient (Wildman–Crippen LogP) is 4.55. The van der Waals surface area contributed by atoms with E-state index in [1.54, 1.807) is 24.3 Å². The van der Waals surface area contributed by atoms with Gasteiger partial charge in [0.25, 0.3) is 0 Å². The highest BCUT2D eigenvalue weighted by Crippen LogP contribution is 2.42. The van der Waals surface area contributed by atoms with E-state index in [2.05, 4.69) is 16.0 Å². The van der Waals surface area contributed by atoms with Gasteiger partial charge < -0.3 is 20.7 Å². The summed E-state index contributed by atoms with van der Waals surface area (Å²) >= 11 is 0. The molecule has 0 aromatic heterocycles. The first kappa shape index (κ1) is 29.5. The molecule has 0 bridgehead atoms. The molecular weight excluding hydrogens is 456 g/mol. The quantitative estimate of drug-likeness (QED) is 0.283. The molecule has 2 rings (SSSR count). The average molecular weight is 492 g/mol. The smallest absolute Gasteiger partial charge is 0.408 e. The van der Waals surface area contributed by atoms with E-state index in [1.807, 2.05) is 20.8 Å². The van der Waals surface area contributed by atoms with Crippen LogP contribution in [-0.2, 0) is 20.2 Å². The van der Waals surface area contributed by atoms with Crippen molar-refractivity contribution in [3.05, 3.63) is 71.8 Å². The van der Waals surface area contributed by atoms with Gasteiger partial charge in [0.2, 0.25) is 12.3 Å². The van der Waals surface area contributed by atoms with Crippen molar-refractivity contribution in [1.82, 2.24) is 16.0 Å². The predicted molar refractivity (Wildman–Crippen MR) is 131 cm³/mol. The molecular formula is C26H35F2N3O4. The van der Waals surface area contributed by atoms with E-state index in [0.29, 0.717) is 25.9 Å². The number of rotatable bonds is 13. The van der Waals surface area contributed by atoms with E-state index in [4.69, 9.17) is 4.74 Å². The molecule has 7 nitrogen and oxygen atoms in total. The van der Waals surface area contributed by atoms with E-state index >= 15 is 8.78 Å². The normalized spacial score (nSPS) is 12.3. The third kappa shape index (κ3) is 10.5. The Morgan fingerprint density at radius 1 is 0.943 bits per heavy atom. The van der Waals surface area contributed by atoms with Crippen LogP contribution in [0.25, 0.3) is 0 Å². The minimum atomic E-state index is -3.49. The summed E-state index contributed by atoms with van der Waals surface area (Å²) in [6.07, 6.45) is -0.892. The van der Waals surface area contributed by atoms with Crippen LogP contribution in [0, 0.1) is 5.92 Å². The minimum Gasteiger partial charge on any atom is -0.434 e. The lowest BCUT2D eigenvalue weighted by Crippen LogP contribution is -2.39. The number of carbonyl (C=O) groups is 3. The summed E-state index contributed by atoms with van der Waals surface area (Å²) < 4.78 is 35.5. The van der Waals surface area contributed by atoms with Crippen molar-refractivity contribution < 1.29 is 27.9 Å². The van der Waals surface area contributed by atoms with E-state index in [0.717, 1.165) is 6.42 Å². The van der Waals surface area contributed by atoms with Gasteiger partial charge in [0, 0.05) is 18.7 Å². The summed E-state index contributed by atoms with van der Waals surface area (Å²) in [5, 5.41) is 7.46.